The summed E-state index contributed by atoms with van der Waals surface area (Å²) in [5, 5.41) is 7.78. The number of fused-ring (bicyclic) bond motifs is 9. The van der Waals surface area contributed by atoms with Gasteiger partial charge in [0.05, 0.1) is 5.69 Å². The lowest BCUT2D eigenvalue weighted by atomic mass is 9.79. The lowest BCUT2D eigenvalue weighted by molar-refractivity contribution is 0.666. The van der Waals surface area contributed by atoms with Crippen LogP contribution in [0.3, 0.4) is 0 Å². The van der Waals surface area contributed by atoms with Crippen LogP contribution in [0.1, 0.15) is 25.0 Å². The van der Waals surface area contributed by atoms with E-state index in [9.17, 15) is 0 Å². The summed E-state index contributed by atoms with van der Waals surface area (Å²) in [7, 11) is 0. The van der Waals surface area contributed by atoms with Gasteiger partial charge >= 0.3 is 0 Å². The summed E-state index contributed by atoms with van der Waals surface area (Å²) < 4.78 is 0. The topological polar surface area (TPSA) is 3.24 Å². The number of anilines is 3. The molecule has 1 heteroatoms. The molecular weight excluding hydrogens is 699 g/mol. The van der Waals surface area contributed by atoms with Crippen LogP contribution in [0.25, 0.3) is 76.8 Å². The third kappa shape index (κ3) is 5.31. The predicted molar refractivity (Wildman–Crippen MR) is 248 cm³/mol. The Bertz CT molecular complexity index is 3170. The zero-order valence-electron chi connectivity index (χ0n) is 32.7. The van der Waals surface area contributed by atoms with Crippen LogP contribution < -0.4 is 4.90 Å². The maximum atomic E-state index is 2.46. The predicted octanol–water partition coefficient (Wildman–Crippen LogP) is 15.9. The van der Waals surface area contributed by atoms with Gasteiger partial charge in [0.2, 0.25) is 0 Å². The highest BCUT2D eigenvalue weighted by atomic mass is 15.1. The monoisotopic (exact) mass is 739 g/mol. The fourth-order valence-electron chi connectivity index (χ4n) is 9.82. The van der Waals surface area contributed by atoms with Crippen LogP contribution in [0.2, 0.25) is 0 Å². The first-order valence-electron chi connectivity index (χ1n) is 20.3. The molecule has 0 aromatic heterocycles. The third-order valence-electron chi connectivity index (χ3n) is 12.4. The van der Waals surface area contributed by atoms with Gasteiger partial charge in [-0.25, -0.2) is 0 Å². The van der Waals surface area contributed by atoms with Crippen molar-refractivity contribution in [2.75, 3.05) is 4.90 Å². The molecule has 0 saturated heterocycles. The average Bonchev–Trinajstić information content (AvgIpc) is 3.53. The molecule has 0 saturated carbocycles. The summed E-state index contributed by atoms with van der Waals surface area (Å²) in [5.41, 5.74) is 15.9. The molecule has 0 fully saturated rings. The molecule has 1 aliphatic carbocycles. The Morgan fingerprint density at radius 1 is 0.362 bits per heavy atom. The Morgan fingerprint density at radius 2 is 0.862 bits per heavy atom. The Morgan fingerprint density at radius 3 is 1.53 bits per heavy atom. The van der Waals surface area contributed by atoms with Gasteiger partial charge in [0.1, 0.15) is 0 Å². The number of hydrogen-bond donors (Lipinski definition) is 0. The first kappa shape index (κ1) is 34.1. The second-order valence-corrected chi connectivity index (χ2v) is 16.0. The van der Waals surface area contributed by atoms with Crippen LogP contribution in [0.4, 0.5) is 17.1 Å². The highest BCUT2D eigenvalue weighted by molar-refractivity contribution is 6.18. The van der Waals surface area contributed by atoms with E-state index in [1.54, 1.807) is 0 Å². The van der Waals surface area contributed by atoms with Gasteiger partial charge in [-0.1, -0.05) is 196 Å². The summed E-state index contributed by atoms with van der Waals surface area (Å²) in [6.07, 6.45) is 0. The lowest BCUT2D eigenvalue weighted by Gasteiger charge is -2.29. The molecule has 0 N–H and O–H groups in total. The van der Waals surface area contributed by atoms with E-state index in [-0.39, 0.29) is 5.41 Å². The highest BCUT2D eigenvalue weighted by Crippen LogP contribution is 2.56. The van der Waals surface area contributed by atoms with E-state index in [1.807, 2.05) is 0 Å². The van der Waals surface area contributed by atoms with E-state index in [2.05, 4.69) is 231 Å². The molecule has 0 radical (unpaired) electrons. The first-order valence-corrected chi connectivity index (χ1v) is 20.3. The minimum absolute atomic E-state index is 0.168. The van der Waals surface area contributed by atoms with Crippen molar-refractivity contribution in [3.05, 3.63) is 223 Å². The molecule has 0 bridgehead atoms. The van der Waals surface area contributed by atoms with Gasteiger partial charge < -0.3 is 4.90 Å². The molecule has 0 heterocycles. The molecule has 10 aromatic rings. The molecule has 1 aliphatic rings. The summed E-state index contributed by atoms with van der Waals surface area (Å²) >= 11 is 0. The van der Waals surface area contributed by atoms with Crippen molar-refractivity contribution in [2.24, 2.45) is 0 Å². The maximum absolute atomic E-state index is 2.46. The summed E-state index contributed by atoms with van der Waals surface area (Å²) in [5.74, 6) is 0. The third-order valence-corrected chi connectivity index (χ3v) is 12.4. The van der Waals surface area contributed by atoms with Crippen molar-refractivity contribution in [3.8, 4) is 44.5 Å². The van der Waals surface area contributed by atoms with Gasteiger partial charge in [-0.3, -0.25) is 0 Å². The molecule has 0 unspecified atom stereocenters. The zero-order valence-corrected chi connectivity index (χ0v) is 32.7. The summed E-state index contributed by atoms with van der Waals surface area (Å²) in [6.45, 7) is 4.80. The van der Waals surface area contributed by atoms with Gasteiger partial charge in [0, 0.05) is 22.4 Å². The Labute approximate surface area is 340 Å². The molecule has 0 amide bonds. The highest BCUT2D eigenvalue weighted by Gasteiger charge is 2.39. The largest absolute Gasteiger partial charge is 0.310 e. The zero-order chi connectivity index (χ0) is 38.8. The summed E-state index contributed by atoms with van der Waals surface area (Å²) in [4.78, 5) is 2.46. The van der Waals surface area contributed by atoms with Crippen molar-refractivity contribution >= 4 is 49.4 Å². The summed E-state index contributed by atoms with van der Waals surface area (Å²) in [6, 6.07) is 78.0. The fourth-order valence-corrected chi connectivity index (χ4v) is 9.82. The number of nitrogens with zero attached hydrogens (tertiary/aromatic N) is 1. The number of rotatable bonds is 6. The van der Waals surface area contributed by atoms with Gasteiger partial charge in [-0.05, 0) is 113 Å². The van der Waals surface area contributed by atoms with Crippen molar-refractivity contribution in [1.82, 2.24) is 0 Å². The smallest absolute Gasteiger partial charge is 0.0540 e. The normalized spacial score (nSPS) is 12.8. The molecule has 274 valence electrons. The Balaban J connectivity index is 1.12. The van der Waals surface area contributed by atoms with Crippen LogP contribution in [0.5, 0.6) is 0 Å². The molecule has 0 atom stereocenters. The van der Waals surface area contributed by atoms with E-state index in [0.29, 0.717) is 0 Å². The van der Waals surface area contributed by atoms with Crippen LogP contribution in [-0.4, -0.2) is 0 Å². The second kappa shape index (κ2) is 13.5. The molecule has 58 heavy (non-hydrogen) atoms. The Kier molecular flexibility index (Phi) is 7.91. The van der Waals surface area contributed by atoms with Gasteiger partial charge in [-0.15, -0.1) is 0 Å². The minimum Gasteiger partial charge on any atom is -0.310 e. The number of benzene rings is 10. The second-order valence-electron chi connectivity index (χ2n) is 16.0. The van der Waals surface area contributed by atoms with Crippen LogP contribution in [-0.2, 0) is 5.41 Å². The molecule has 0 spiro atoms. The van der Waals surface area contributed by atoms with Gasteiger partial charge in [0.15, 0.2) is 0 Å². The van der Waals surface area contributed by atoms with E-state index in [0.717, 1.165) is 17.1 Å². The van der Waals surface area contributed by atoms with Crippen molar-refractivity contribution in [2.45, 2.75) is 19.3 Å². The van der Waals surface area contributed by atoms with Crippen LogP contribution in [0.15, 0.2) is 212 Å². The standard InChI is InChI=1S/C57H41N/c1-57(2)52-36-35-43(37-51(52)55-49-26-11-9-24-47(49)48-25-10-12-27-50(48)56(55)57)58(53-30-14-13-23-44(53)38-17-5-3-6-18-38)42-33-31-40(32-34-42)46-29-16-22-41-21-15-28-45(54(41)46)39-19-7-4-8-20-39/h3-37H,1-2H3. The Hall–Kier alpha value is -7.22. The fraction of sp³-hybridized carbons (Fsp3) is 0.0526. The van der Waals surface area contributed by atoms with Crippen LogP contribution >= 0.6 is 0 Å². The van der Waals surface area contributed by atoms with E-state index < -0.39 is 0 Å². The quantitative estimate of drug-likeness (QED) is 0.154. The van der Waals surface area contributed by atoms with Crippen molar-refractivity contribution in [1.29, 1.82) is 0 Å². The minimum atomic E-state index is -0.168. The first-order chi connectivity index (χ1) is 28.6. The molecule has 10 aromatic carbocycles. The van der Waals surface area contributed by atoms with E-state index in [4.69, 9.17) is 0 Å². The number of hydrogen-bond acceptors (Lipinski definition) is 1. The molecule has 0 aliphatic heterocycles. The average molecular weight is 740 g/mol. The van der Waals surface area contributed by atoms with Gasteiger partial charge in [-0.2, -0.15) is 0 Å². The maximum Gasteiger partial charge on any atom is 0.0540 e. The van der Waals surface area contributed by atoms with E-state index in [1.165, 1.54) is 88.0 Å². The van der Waals surface area contributed by atoms with Crippen molar-refractivity contribution in [3.63, 3.8) is 0 Å². The molecule has 1 nitrogen and oxygen atoms in total. The van der Waals surface area contributed by atoms with Gasteiger partial charge in [0.25, 0.3) is 0 Å². The van der Waals surface area contributed by atoms with Crippen molar-refractivity contribution < 1.29 is 0 Å². The SMILES string of the molecule is CC1(C)c2ccc(N(c3ccc(-c4cccc5cccc(-c6ccccc6)c45)cc3)c3ccccc3-c3ccccc3)cc2-c2c1c1ccccc1c1ccccc21. The molecular formula is C57H41N. The lowest BCUT2D eigenvalue weighted by Crippen LogP contribution is -2.16. The van der Waals surface area contributed by atoms with E-state index >= 15 is 0 Å². The molecule has 11 rings (SSSR count). The van der Waals surface area contributed by atoms with Crippen LogP contribution in [0, 0.1) is 0 Å². The number of para-hydroxylation sites is 1.